The Morgan fingerprint density at radius 3 is 2.44 bits per heavy atom. The Kier molecular flexibility index (Phi) is 13.2. The number of nitrogens with zero attached hydrogens (tertiary/aromatic N) is 8. The van der Waals surface area contributed by atoms with E-state index in [1.807, 2.05) is 15.9 Å². The lowest BCUT2D eigenvalue weighted by atomic mass is 9.65. The van der Waals surface area contributed by atoms with E-state index < -0.39 is 17.4 Å². The van der Waals surface area contributed by atoms with Crippen LogP contribution in [0.2, 0.25) is 5.02 Å². The van der Waals surface area contributed by atoms with Gasteiger partial charge in [-0.2, -0.15) is 9.97 Å². The number of halogens is 2. The van der Waals surface area contributed by atoms with Crippen molar-refractivity contribution < 1.29 is 33.7 Å². The summed E-state index contributed by atoms with van der Waals surface area (Å²) in [5.41, 5.74) is 1.18. The number of hydrogen-bond donors (Lipinski definition) is 3. The van der Waals surface area contributed by atoms with Crippen molar-refractivity contribution in [2.45, 2.75) is 83.2 Å². The molecule has 382 valence electrons. The highest BCUT2D eigenvalue weighted by atomic mass is 35.5. The van der Waals surface area contributed by atoms with Gasteiger partial charge in [0.05, 0.1) is 28.3 Å². The maximum atomic E-state index is 17.1. The summed E-state index contributed by atoms with van der Waals surface area (Å²) in [6, 6.07) is 13.1. The van der Waals surface area contributed by atoms with Gasteiger partial charge in [-0.15, -0.1) is 6.42 Å². The summed E-state index contributed by atoms with van der Waals surface area (Å²) in [5, 5.41) is 26.2. The molecule has 17 heteroatoms. The Morgan fingerprint density at radius 1 is 0.945 bits per heavy atom. The lowest BCUT2D eigenvalue weighted by Gasteiger charge is -2.47. The number of amides is 4. The lowest BCUT2D eigenvalue weighted by Crippen LogP contribution is -2.50. The number of carbonyl (C=O) groups excluding carboxylic acids is 3. The van der Waals surface area contributed by atoms with E-state index in [1.165, 1.54) is 36.6 Å². The highest BCUT2D eigenvalue weighted by Crippen LogP contribution is 2.49. The van der Waals surface area contributed by atoms with E-state index in [1.54, 1.807) is 49.5 Å². The molecule has 5 aromatic rings. The smallest absolute Gasteiger partial charge is 0.328 e. The number of likely N-dealkylation sites (tertiary alicyclic amines) is 1. The fourth-order valence-corrected chi connectivity index (χ4v) is 12.6. The Morgan fingerprint density at radius 2 is 1.71 bits per heavy atom. The van der Waals surface area contributed by atoms with Crippen molar-refractivity contribution in [1.29, 1.82) is 0 Å². The molecule has 2 saturated carbocycles. The minimum Gasteiger partial charge on any atom is -0.508 e. The molecule has 6 heterocycles. The van der Waals surface area contributed by atoms with Crippen LogP contribution in [0, 0.1) is 34.9 Å². The zero-order chi connectivity index (χ0) is 50.6. The maximum Gasteiger partial charge on any atom is 0.328 e. The molecule has 4 aliphatic heterocycles. The minimum absolute atomic E-state index is 0.00857. The maximum absolute atomic E-state index is 17.1. The van der Waals surface area contributed by atoms with Gasteiger partial charge >= 0.3 is 12.0 Å². The van der Waals surface area contributed by atoms with Crippen LogP contribution >= 0.6 is 11.6 Å². The molecule has 11 rings (SSSR count). The van der Waals surface area contributed by atoms with Gasteiger partial charge in [0.25, 0.3) is 5.91 Å². The largest absolute Gasteiger partial charge is 0.508 e. The first-order chi connectivity index (χ1) is 35.2. The van der Waals surface area contributed by atoms with Crippen LogP contribution in [0.5, 0.6) is 11.8 Å². The Hall–Kier alpha value is -6.12. The molecule has 0 bridgehead atoms. The number of imide groups is 1. The van der Waals surface area contributed by atoms with E-state index in [9.17, 15) is 24.6 Å². The topological polar surface area (TPSA) is 168 Å². The molecule has 0 unspecified atom stereocenters. The van der Waals surface area contributed by atoms with Gasteiger partial charge < -0.3 is 34.5 Å². The summed E-state index contributed by atoms with van der Waals surface area (Å²) in [5.74, 6) is 2.73. The lowest BCUT2D eigenvalue weighted by molar-refractivity contribution is -0.120. The summed E-state index contributed by atoms with van der Waals surface area (Å²) in [6.07, 6.45) is 17.8. The number of β-amino-alcohol motifs (C(OH)–C–C–N with tert-alkyl or cyclic N) is 1. The summed E-state index contributed by atoms with van der Waals surface area (Å²) in [4.78, 5) is 62.7. The minimum atomic E-state index is -0.950. The van der Waals surface area contributed by atoms with E-state index >= 15 is 4.39 Å². The van der Waals surface area contributed by atoms with Gasteiger partial charge in [-0.1, -0.05) is 29.7 Å². The predicted molar refractivity (Wildman–Crippen MR) is 278 cm³/mol. The first kappa shape index (κ1) is 49.1. The number of piperazine rings is 1. The van der Waals surface area contributed by atoms with Gasteiger partial charge in [-0.3, -0.25) is 24.8 Å². The number of carbonyl (C=O) groups is 3. The zero-order valence-corrected chi connectivity index (χ0v) is 42.2. The highest BCUT2D eigenvalue weighted by Gasteiger charge is 2.46. The molecule has 6 aliphatic rings. The molecule has 73 heavy (non-hydrogen) atoms. The second-order valence-corrected chi connectivity index (χ2v) is 22.5. The number of phenols is 1. The van der Waals surface area contributed by atoms with Crippen molar-refractivity contribution in [3.8, 4) is 35.4 Å². The number of piperidine rings is 2. The second kappa shape index (κ2) is 19.6. The van der Waals surface area contributed by atoms with E-state index in [0.29, 0.717) is 94.5 Å². The number of phenolic OH excluding ortho intramolecular Hbond substituents is 1. The number of rotatable bonds is 11. The number of aliphatic hydroxyl groups is 1. The quantitative estimate of drug-likeness (QED) is 0.109. The molecule has 15 nitrogen and oxygen atoms in total. The molecule has 4 amide bonds. The van der Waals surface area contributed by atoms with Crippen LogP contribution < -0.4 is 19.9 Å². The Balaban J connectivity index is 0.691. The third kappa shape index (κ3) is 10.1. The fourth-order valence-electron chi connectivity index (χ4n) is 12.3. The monoisotopic (exact) mass is 1010 g/mol. The third-order valence-electron chi connectivity index (χ3n) is 16.8. The number of aromatic nitrogens is 3. The number of terminal acetylenes is 1. The van der Waals surface area contributed by atoms with E-state index in [0.717, 1.165) is 71.4 Å². The van der Waals surface area contributed by atoms with Crippen molar-refractivity contribution in [1.82, 2.24) is 35.0 Å². The van der Waals surface area contributed by atoms with Crippen LogP contribution in [-0.4, -0.2) is 142 Å². The highest BCUT2D eigenvalue weighted by molar-refractivity contribution is 6.34. The molecule has 2 aliphatic carbocycles. The average molecular weight is 1010 g/mol. The molecular formula is C56H63ClFN9O6. The number of hydrogen-bond acceptors (Lipinski definition) is 12. The van der Waals surface area contributed by atoms with Crippen LogP contribution in [0.3, 0.4) is 0 Å². The van der Waals surface area contributed by atoms with Gasteiger partial charge in [-0.05, 0) is 124 Å². The van der Waals surface area contributed by atoms with Gasteiger partial charge in [0.15, 0.2) is 5.82 Å². The van der Waals surface area contributed by atoms with Crippen molar-refractivity contribution in [3.05, 3.63) is 76.7 Å². The number of urea groups is 1. The molecular weight excluding hydrogens is 949 g/mol. The molecule has 0 radical (unpaired) electrons. The average Bonchev–Trinajstić information content (AvgIpc) is 4.15. The molecule has 1 spiro atoms. The number of ether oxygens (including phenoxy) is 1. The molecule has 3 aromatic carbocycles. The molecule has 6 fully saturated rings. The second-order valence-electron chi connectivity index (χ2n) is 22.1. The normalized spacial score (nSPS) is 22.7. The van der Waals surface area contributed by atoms with Crippen LogP contribution in [0.4, 0.5) is 20.7 Å². The number of nitrogens with one attached hydrogen (secondary N) is 1. The predicted octanol–water partition coefficient (Wildman–Crippen LogP) is 8.01. The summed E-state index contributed by atoms with van der Waals surface area (Å²) in [7, 11) is 0. The summed E-state index contributed by atoms with van der Waals surface area (Å²) < 4.78 is 23.6. The number of pyridine rings is 1. The van der Waals surface area contributed by atoms with Crippen molar-refractivity contribution in [2.24, 2.45) is 16.7 Å². The first-order valence-electron chi connectivity index (χ1n) is 26.0. The zero-order valence-electron chi connectivity index (χ0n) is 41.5. The third-order valence-corrected chi connectivity index (χ3v) is 17.1. The number of benzene rings is 3. The summed E-state index contributed by atoms with van der Waals surface area (Å²) >= 11 is 6.46. The van der Waals surface area contributed by atoms with E-state index in [-0.39, 0.29) is 58.6 Å². The van der Waals surface area contributed by atoms with E-state index in [4.69, 9.17) is 32.7 Å². The molecule has 1 atom stereocenters. The van der Waals surface area contributed by atoms with Crippen LogP contribution in [0.1, 0.15) is 93.5 Å². The SMILES string of the molecule is C#Cc1cccc2cc(O)cc(-c3ncc4c(N5CCC[C@@](C)(O)C5)nc(OCC5(CN6CCN(CC7CCC8(CC7)CCN(C(=O)c7ccc(Cl)c(N9CCC(=O)NC9=O)c7)CC8)CC6)CC5)nc4c3F)c12. The van der Waals surface area contributed by atoms with Gasteiger partial charge in [0.1, 0.15) is 22.8 Å². The fraction of sp³-hybridized carbons (Fsp3) is 0.500. The van der Waals surface area contributed by atoms with Crippen LogP contribution in [-0.2, 0) is 4.79 Å². The van der Waals surface area contributed by atoms with Crippen LogP contribution in [0.25, 0.3) is 32.9 Å². The van der Waals surface area contributed by atoms with Crippen LogP contribution in [0.15, 0.2) is 54.7 Å². The van der Waals surface area contributed by atoms with Gasteiger partial charge in [0, 0.05) is 112 Å². The molecule has 2 aromatic heterocycles. The van der Waals surface area contributed by atoms with Crippen molar-refractivity contribution in [2.75, 3.05) is 88.4 Å². The van der Waals surface area contributed by atoms with E-state index in [2.05, 4.69) is 26.0 Å². The van der Waals surface area contributed by atoms with Gasteiger partial charge in [-0.25, -0.2) is 9.18 Å². The molecule has 3 N–H and O–H groups in total. The number of fused-ring (bicyclic) bond motifs is 2. The van der Waals surface area contributed by atoms with Gasteiger partial charge in [0.2, 0.25) is 5.91 Å². The molecule has 4 saturated heterocycles. The number of aromatic hydroxyl groups is 1. The first-order valence-corrected chi connectivity index (χ1v) is 26.4. The van der Waals surface area contributed by atoms with Crippen molar-refractivity contribution >= 4 is 62.6 Å². The Bertz CT molecular complexity index is 3020. The standard InChI is InChI=1S/C56H63ClFN9O6/c1-3-37-6-4-7-38-28-40(68)30-41(46(37)38)48-47(58)49-42(31-59-48)50(66-20-5-13-54(2,72)33-66)62-52(61-49)73-35-56(16-17-56)34-64-26-24-63(25-27-64)32-36-10-14-55(15-11-36)18-22-65(23-19-55)51(70)39-8-9-43(57)44(29-39)67-21-12-45(69)60-53(67)71/h1,4,6-9,28-31,36,68,72H,5,10-27,32-35H2,2H3,(H,60,69,71)/t54-/m1/s1. The Labute approximate surface area is 430 Å². The van der Waals surface area contributed by atoms with Crippen molar-refractivity contribution in [3.63, 3.8) is 0 Å². The summed E-state index contributed by atoms with van der Waals surface area (Å²) in [6.45, 7) is 10.8. The number of anilines is 2.